The van der Waals surface area contributed by atoms with Crippen LogP contribution in [0.4, 0.5) is 5.69 Å². The molecule has 5 nitrogen and oxygen atoms in total. The van der Waals surface area contributed by atoms with Crippen LogP contribution < -0.4 is 5.32 Å². The van der Waals surface area contributed by atoms with Gasteiger partial charge in [0.05, 0.1) is 0 Å². The summed E-state index contributed by atoms with van der Waals surface area (Å²) in [6.45, 7) is 8.38. The van der Waals surface area contributed by atoms with Crippen LogP contribution in [0, 0.1) is 11.3 Å². The van der Waals surface area contributed by atoms with Gasteiger partial charge in [0.1, 0.15) is 11.6 Å². The van der Waals surface area contributed by atoms with Gasteiger partial charge in [-0.2, -0.15) is 5.26 Å². The number of hydrogen-bond donors (Lipinski definition) is 1. The van der Waals surface area contributed by atoms with E-state index in [2.05, 4.69) is 50.2 Å². The van der Waals surface area contributed by atoms with Crippen LogP contribution in [0.5, 0.6) is 0 Å². The Bertz CT molecular complexity index is 703. The molecule has 0 aliphatic carbocycles. The highest BCUT2D eigenvalue weighted by molar-refractivity contribution is 5.97. The van der Waals surface area contributed by atoms with Gasteiger partial charge in [-0.15, -0.1) is 0 Å². The Balaban J connectivity index is 2.13. The lowest BCUT2D eigenvalue weighted by Gasteiger charge is -2.35. The molecule has 140 valence electrons. The first-order chi connectivity index (χ1) is 12.2. The van der Waals surface area contributed by atoms with Crippen LogP contribution >= 0.6 is 0 Å². The number of likely N-dealkylation sites (N-methyl/N-ethyl adjacent to an activating group) is 1. The molecule has 26 heavy (non-hydrogen) atoms. The molecule has 0 atom stereocenters. The highest BCUT2D eigenvalue weighted by Crippen LogP contribution is 2.29. The molecule has 1 fully saturated rings. The molecule has 0 spiro atoms. The molecule has 0 saturated carbocycles. The summed E-state index contributed by atoms with van der Waals surface area (Å²) in [5, 5.41) is 12.7. The van der Waals surface area contributed by atoms with Crippen LogP contribution in [0.15, 0.2) is 36.0 Å². The summed E-state index contributed by atoms with van der Waals surface area (Å²) in [7, 11) is 3.89. The van der Waals surface area contributed by atoms with Crippen LogP contribution in [0.3, 0.4) is 0 Å². The van der Waals surface area contributed by atoms with Crippen molar-refractivity contribution in [1.82, 2.24) is 9.80 Å². The van der Waals surface area contributed by atoms with E-state index < -0.39 is 0 Å². The van der Waals surface area contributed by atoms with Gasteiger partial charge in [0.15, 0.2) is 0 Å². The third-order valence-electron chi connectivity index (χ3n) is 5.01. The van der Waals surface area contributed by atoms with Crippen molar-refractivity contribution in [3.05, 3.63) is 41.6 Å². The van der Waals surface area contributed by atoms with Crippen LogP contribution in [-0.2, 0) is 10.2 Å². The molecule has 1 N–H and O–H groups in total. The summed E-state index contributed by atoms with van der Waals surface area (Å²) in [5.74, 6) is -0.220. The average Bonchev–Trinajstić information content (AvgIpc) is 2.61. The SMILES string of the molecule is CN1CCC(N(C)C(=O)/C(C#N)=C\Nc2ccccc2C(C)(C)C)CC1. The molecule has 1 saturated heterocycles. The molecule has 1 aliphatic rings. The van der Waals surface area contributed by atoms with Crippen molar-refractivity contribution >= 4 is 11.6 Å². The third kappa shape index (κ3) is 4.86. The highest BCUT2D eigenvalue weighted by Gasteiger charge is 2.26. The molecule has 0 radical (unpaired) electrons. The number of hydrogen-bond acceptors (Lipinski definition) is 4. The second-order valence-electron chi connectivity index (χ2n) is 8.06. The van der Waals surface area contributed by atoms with Crippen molar-refractivity contribution in [2.75, 3.05) is 32.5 Å². The maximum atomic E-state index is 12.7. The number of benzene rings is 1. The standard InChI is InChI=1S/C21H30N4O/c1-21(2,3)18-8-6-7-9-19(18)23-15-16(14-22)20(26)25(5)17-10-12-24(4)13-11-17/h6-9,15,17,23H,10-13H2,1-5H3/b16-15-. The first kappa shape index (κ1) is 20.0. The summed E-state index contributed by atoms with van der Waals surface area (Å²) in [4.78, 5) is 16.7. The van der Waals surface area contributed by atoms with Crippen molar-refractivity contribution in [2.24, 2.45) is 0 Å². The van der Waals surface area contributed by atoms with E-state index in [-0.39, 0.29) is 22.9 Å². The van der Waals surface area contributed by atoms with Crippen LogP contribution in [0.25, 0.3) is 0 Å². The van der Waals surface area contributed by atoms with E-state index in [0.717, 1.165) is 37.2 Å². The van der Waals surface area contributed by atoms with E-state index in [1.165, 1.54) is 0 Å². The molecule has 5 heteroatoms. The van der Waals surface area contributed by atoms with Gasteiger partial charge in [0, 0.05) is 25.0 Å². The number of para-hydroxylation sites is 1. The second kappa shape index (κ2) is 8.37. The van der Waals surface area contributed by atoms with Crippen LogP contribution in [0.1, 0.15) is 39.2 Å². The maximum absolute atomic E-state index is 12.7. The van der Waals surface area contributed by atoms with Gasteiger partial charge in [-0.25, -0.2) is 0 Å². The van der Waals surface area contributed by atoms with E-state index in [4.69, 9.17) is 0 Å². The summed E-state index contributed by atoms with van der Waals surface area (Å²) < 4.78 is 0. The monoisotopic (exact) mass is 354 g/mol. The molecule has 0 unspecified atom stereocenters. The number of piperidine rings is 1. The zero-order valence-corrected chi connectivity index (χ0v) is 16.5. The number of amides is 1. The smallest absolute Gasteiger partial charge is 0.266 e. The minimum Gasteiger partial charge on any atom is -0.360 e. The predicted molar refractivity (Wildman–Crippen MR) is 106 cm³/mol. The van der Waals surface area contributed by atoms with E-state index in [1.54, 1.807) is 18.1 Å². The molecule has 1 aliphatic heterocycles. The van der Waals surface area contributed by atoms with Crippen molar-refractivity contribution in [3.8, 4) is 6.07 Å². The summed E-state index contributed by atoms with van der Waals surface area (Å²) in [6.07, 6.45) is 3.42. The largest absolute Gasteiger partial charge is 0.360 e. The fourth-order valence-corrected chi connectivity index (χ4v) is 3.29. The van der Waals surface area contributed by atoms with Crippen LogP contribution in [0.2, 0.25) is 0 Å². The topological polar surface area (TPSA) is 59.4 Å². The Kier molecular flexibility index (Phi) is 6.44. The Hall–Kier alpha value is -2.32. The van der Waals surface area contributed by atoms with Crippen molar-refractivity contribution in [3.63, 3.8) is 0 Å². The number of likely N-dealkylation sites (tertiary alicyclic amines) is 1. The van der Waals surface area contributed by atoms with E-state index >= 15 is 0 Å². The summed E-state index contributed by atoms with van der Waals surface area (Å²) >= 11 is 0. The zero-order chi connectivity index (χ0) is 19.3. The quantitative estimate of drug-likeness (QED) is 0.665. The number of anilines is 1. The maximum Gasteiger partial charge on any atom is 0.266 e. The Morgan fingerprint density at radius 1 is 1.31 bits per heavy atom. The van der Waals surface area contributed by atoms with E-state index in [9.17, 15) is 10.1 Å². The molecule has 0 bridgehead atoms. The second-order valence-corrected chi connectivity index (χ2v) is 8.06. The lowest BCUT2D eigenvalue weighted by atomic mass is 9.86. The minimum absolute atomic E-state index is 0.0286. The molecular weight excluding hydrogens is 324 g/mol. The number of nitrogens with zero attached hydrogens (tertiary/aromatic N) is 3. The molecule has 0 aromatic heterocycles. The third-order valence-corrected chi connectivity index (χ3v) is 5.01. The fraction of sp³-hybridized carbons (Fsp3) is 0.524. The van der Waals surface area contributed by atoms with Gasteiger partial charge in [-0.1, -0.05) is 39.0 Å². The molecular formula is C21H30N4O. The van der Waals surface area contributed by atoms with Gasteiger partial charge < -0.3 is 15.1 Å². The highest BCUT2D eigenvalue weighted by atomic mass is 16.2. The van der Waals surface area contributed by atoms with Crippen molar-refractivity contribution in [1.29, 1.82) is 5.26 Å². The minimum atomic E-state index is -0.220. The number of rotatable bonds is 4. The summed E-state index contributed by atoms with van der Waals surface area (Å²) in [6, 6.07) is 10.2. The molecule has 1 amide bonds. The first-order valence-corrected chi connectivity index (χ1v) is 9.16. The lowest BCUT2D eigenvalue weighted by Crippen LogP contribution is -2.44. The van der Waals surface area contributed by atoms with Crippen molar-refractivity contribution < 1.29 is 4.79 Å². The molecule has 2 rings (SSSR count). The predicted octanol–water partition coefficient (Wildman–Crippen LogP) is 3.36. The zero-order valence-electron chi connectivity index (χ0n) is 16.5. The lowest BCUT2D eigenvalue weighted by molar-refractivity contribution is -0.128. The number of nitrogens with one attached hydrogen (secondary N) is 1. The van der Waals surface area contributed by atoms with Crippen molar-refractivity contribution in [2.45, 2.75) is 45.1 Å². The fourth-order valence-electron chi connectivity index (χ4n) is 3.29. The number of nitriles is 1. The van der Waals surface area contributed by atoms with E-state index in [0.29, 0.717) is 0 Å². The molecule has 1 heterocycles. The number of carbonyl (C=O) groups is 1. The average molecular weight is 354 g/mol. The normalized spacial score (nSPS) is 16.8. The molecule has 1 aromatic carbocycles. The van der Waals surface area contributed by atoms with Gasteiger partial charge >= 0.3 is 0 Å². The van der Waals surface area contributed by atoms with Crippen LogP contribution in [-0.4, -0.2) is 48.9 Å². The number of carbonyl (C=O) groups excluding carboxylic acids is 1. The van der Waals surface area contributed by atoms with Gasteiger partial charge in [0.25, 0.3) is 5.91 Å². The first-order valence-electron chi connectivity index (χ1n) is 9.16. The van der Waals surface area contributed by atoms with Gasteiger partial charge in [-0.05, 0) is 50.0 Å². The van der Waals surface area contributed by atoms with E-state index in [1.807, 2.05) is 18.2 Å². The summed E-state index contributed by atoms with van der Waals surface area (Å²) in [5.41, 5.74) is 2.17. The molecule has 1 aromatic rings. The Morgan fingerprint density at radius 3 is 2.50 bits per heavy atom. The Morgan fingerprint density at radius 2 is 1.92 bits per heavy atom. The van der Waals surface area contributed by atoms with Gasteiger partial charge in [0.2, 0.25) is 0 Å². The Labute approximate surface area is 157 Å². The van der Waals surface area contributed by atoms with Gasteiger partial charge in [-0.3, -0.25) is 4.79 Å².